The predicted octanol–water partition coefficient (Wildman–Crippen LogP) is 0.836. The third kappa shape index (κ3) is 2.94. The normalized spacial score (nSPS) is 24.4. The van der Waals surface area contributed by atoms with Crippen LogP contribution in [0.4, 0.5) is 0 Å². The van der Waals surface area contributed by atoms with E-state index in [9.17, 15) is 0 Å². The first-order chi connectivity index (χ1) is 6.90. The predicted molar refractivity (Wildman–Crippen MR) is 57.2 cm³/mol. The number of rotatable bonds is 5. The highest BCUT2D eigenvalue weighted by Gasteiger charge is 2.30. The first-order valence-electron chi connectivity index (χ1n) is 5.92. The highest BCUT2D eigenvalue weighted by atomic mass is 16.5. The van der Waals surface area contributed by atoms with E-state index >= 15 is 0 Å². The van der Waals surface area contributed by atoms with E-state index in [1.807, 2.05) is 0 Å². The molecule has 1 saturated heterocycles. The summed E-state index contributed by atoms with van der Waals surface area (Å²) >= 11 is 0. The maximum absolute atomic E-state index is 5.63. The van der Waals surface area contributed by atoms with Crippen molar-refractivity contribution < 1.29 is 4.74 Å². The Labute approximate surface area is 86.6 Å². The van der Waals surface area contributed by atoms with E-state index in [1.165, 1.54) is 32.2 Å². The second-order valence-corrected chi connectivity index (χ2v) is 4.57. The zero-order valence-corrected chi connectivity index (χ0v) is 8.95. The van der Waals surface area contributed by atoms with E-state index < -0.39 is 0 Å². The van der Waals surface area contributed by atoms with Crippen LogP contribution in [0.5, 0.6) is 0 Å². The van der Waals surface area contributed by atoms with Gasteiger partial charge in [-0.2, -0.15) is 0 Å². The standard InChI is InChI=1S/C11H22N2O/c12-5-6-13(11-1-2-11)9-10-3-7-14-8-4-10/h10-11H,1-9,12H2. The lowest BCUT2D eigenvalue weighted by Gasteiger charge is -2.29. The van der Waals surface area contributed by atoms with E-state index in [2.05, 4.69) is 4.90 Å². The second kappa shape index (κ2) is 5.10. The molecule has 1 aliphatic heterocycles. The van der Waals surface area contributed by atoms with Gasteiger partial charge in [-0.15, -0.1) is 0 Å². The fourth-order valence-electron chi connectivity index (χ4n) is 2.29. The number of nitrogens with zero attached hydrogens (tertiary/aromatic N) is 1. The van der Waals surface area contributed by atoms with Crippen molar-refractivity contribution in [2.24, 2.45) is 11.7 Å². The summed E-state index contributed by atoms with van der Waals surface area (Å²) in [5, 5.41) is 0. The number of hydrogen-bond donors (Lipinski definition) is 1. The lowest BCUT2D eigenvalue weighted by molar-refractivity contribution is 0.0517. The molecule has 0 unspecified atom stereocenters. The number of ether oxygens (including phenoxy) is 1. The van der Waals surface area contributed by atoms with Crippen molar-refractivity contribution in [2.45, 2.75) is 31.7 Å². The molecule has 0 spiro atoms. The summed E-state index contributed by atoms with van der Waals surface area (Å²) in [6.07, 6.45) is 5.27. The summed E-state index contributed by atoms with van der Waals surface area (Å²) in [5.74, 6) is 0.857. The Bertz CT molecular complexity index is 165. The SMILES string of the molecule is NCCN(CC1CCOCC1)C1CC1. The van der Waals surface area contributed by atoms with Crippen molar-refractivity contribution >= 4 is 0 Å². The van der Waals surface area contributed by atoms with Crippen LogP contribution >= 0.6 is 0 Å². The molecule has 14 heavy (non-hydrogen) atoms. The molecule has 1 aliphatic carbocycles. The van der Waals surface area contributed by atoms with Crippen molar-refractivity contribution in [1.82, 2.24) is 4.90 Å². The van der Waals surface area contributed by atoms with Crippen LogP contribution in [0.15, 0.2) is 0 Å². The molecule has 2 fully saturated rings. The Balaban J connectivity index is 1.73. The molecule has 0 amide bonds. The van der Waals surface area contributed by atoms with Gasteiger partial charge in [0.05, 0.1) is 0 Å². The molecule has 1 heterocycles. The molecule has 0 bridgehead atoms. The van der Waals surface area contributed by atoms with Gasteiger partial charge in [-0.25, -0.2) is 0 Å². The Hall–Kier alpha value is -0.120. The fourth-order valence-corrected chi connectivity index (χ4v) is 2.29. The van der Waals surface area contributed by atoms with Gasteiger partial charge in [-0.1, -0.05) is 0 Å². The van der Waals surface area contributed by atoms with Crippen LogP contribution < -0.4 is 5.73 Å². The summed E-state index contributed by atoms with van der Waals surface area (Å²) in [7, 11) is 0. The molecule has 1 saturated carbocycles. The first-order valence-corrected chi connectivity index (χ1v) is 5.92. The summed E-state index contributed by atoms with van der Waals surface area (Å²) < 4.78 is 5.37. The van der Waals surface area contributed by atoms with Crippen molar-refractivity contribution in [3.05, 3.63) is 0 Å². The number of nitrogens with two attached hydrogens (primary N) is 1. The van der Waals surface area contributed by atoms with Crippen LogP contribution in [0, 0.1) is 5.92 Å². The molecule has 2 rings (SSSR count). The number of hydrogen-bond acceptors (Lipinski definition) is 3. The minimum atomic E-state index is 0.805. The van der Waals surface area contributed by atoms with Crippen molar-refractivity contribution in [2.75, 3.05) is 32.8 Å². The molecule has 2 aliphatic rings. The average Bonchev–Trinajstić information content (AvgIpc) is 3.02. The molecular formula is C11H22N2O. The first kappa shape index (κ1) is 10.4. The van der Waals surface area contributed by atoms with E-state index in [1.54, 1.807) is 0 Å². The molecular weight excluding hydrogens is 176 g/mol. The summed E-state index contributed by atoms with van der Waals surface area (Å²) in [6, 6.07) is 0.862. The minimum Gasteiger partial charge on any atom is -0.381 e. The van der Waals surface area contributed by atoms with Gasteiger partial charge < -0.3 is 10.5 Å². The maximum atomic E-state index is 5.63. The molecule has 0 radical (unpaired) electrons. The third-order valence-electron chi connectivity index (χ3n) is 3.31. The van der Waals surface area contributed by atoms with Crippen LogP contribution in [0.3, 0.4) is 0 Å². The van der Waals surface area contributed by atoms with E-state index in [0.717, 1.165) is 38.3 Å². The molecule has 0 aromatic heterocycles. The Morgan fingerprint density at radius 1 is 1.14 bits per heavy atom. The van der Waals surface area contributed by atoms with Crippen LogP contribution in [-0.2, 0) is 4.74 Å². The van der Waals surface area contributed by atoms with Crippen LogP contribution in [0.1, 0.15) is 25.7 Å². The summed E-state index contributed by atoms with van der Waals surface area (Å²) in [6.45, 7) is 5.07. The van der Waals surface area contributed by atoms with Gasteiger partial charge in [0.15, 0.2) is 0 Å². The largest absolute Gasteiger partial charge is 0.381 e. The summed E-state index contributed by atoms with van der Waals surface area (Å²) in [5.41, 5.74) is 5.63. The monoisotopic (exact) mass is 198 g/mol. The highest BCUT2D eigenvalue weighted by Crippen LogP contribution is 2.28. The van der Waals surface area contributed by atoms with Gasteiger partial charge in [0.2, 0.25) is 0 Å². The Kier molecular flexibility index (Phi) is 3.79. The molecule has 2 N–H and O–H groups in total. The van der Waals surface area contributed by atoms with Crippen LogP contribution in [0.2, 0.25) is 0 Å². The van der Waals surface area contributed by atoms with Gasteiger partial charge in [0.25, 0.3) is 0 Å². The highest BCUT2D eigenvalue weighted by molar-refractivity contribution is 4.86. The topological polar surface area (TPSA) is 38.5 Å². The van der Waals surface area contributed by atoms with Crippen LogP contribution in [-0.4, -0.2) is 43.8 Å². The second-order valence-electron chi connectivity index (χ2n) is 4.57. The van der Waals surface area contributed by atoms with E-state index in [0.29, 0.717) is 0 Å². The lowest BCUT2D eigenvalue weighted by Crippen LogP contribution is -2.37. The average molecular weight is 198 g/mol. The quantitative estimate of drug-likeness (QED) is 0.711. The van der Waals surface area contributed by atoms with E-state index in [4.69, 9.17) is 10.5 Å². The van der Waals surface area contributed by atoms with Crippen molar-refractivity contribution in [3.63, 3.8) is 0 Å². The molecule has 3 heteroatoms. The Morgan fingerprint density at radius 3 is 2.43 bits per heavy atom. The zero-order chi connectivity index (χ0) is 9.80. The molecule has 0 aromatic carbocycles. The van der Waals surface area contributed by atoms with Crippen LogP contribution in [0.25, 0.3) is 0 Å². The van der Waals surface area contributed by atoms with Gasteiger partial charge in [0.1, 0.15) is 0 Å². The van der Waals surface area contributed by atoms with Gasteiger partial charge in [0, 0.05) is 38.9 Å². The zero-order valence-electron chi connectivity index (χ0n) is 8.95. The fraction of sp³-hybridized carbons (Fsp3) is 1.00. The molecule has 3 nitrogen and oxygen atoms in total. The third-order valence-corrected chi connectivity index (χ3v) is 3.31. The van der Waals surface area contributed by atoms with Gasteiger partial charge in [-0.05, 0) is 31.6 Å². The maximum Gasteiger partial charge on any atom is 0.0469 e. The van der Waals surface area contributed by atoms with E-state index in [-0.39, 0.29) is 0 Å². The van der Waals surface area contributed by atoms with Gasteiger partial charge >= 0.3 is 0 Å². The molecule has 0 atom stereocenters. The lowest BCUT2D eigenvalue weighted by atomic mass is 9.99. The molecule has 82 valence electrons. The Morgan fingerprint density at radius 2 is 1.86 bits per heavy atom. The minimum absolute atomic E-state index is 0.805. The van der Waals surface area contributed by atoms with Gasteiger partial charge in [-0.3, -0.25) is 4.90 Å². The molecule has 0 aromatic rings. The smallest absolute Gasteiger partial charge is 0.0469 e. The summed E-state index contributed by atoms with van der Waals surface area (Å²) in [4.78, 5) is 2.59. The van der Waals surface area contributed by atoms with Crippen molar-refractivity contribution in [3.8, 4) is 0 Å². The van der Waals surface area contributed by atoms with Crippen molar-refractivity contribution in [1.29, 1.82) is 0 Å².